The highest BCUT2D eigenvalue weighted by atomic mass is 79.9. The molecule has 0 fully saturated rings. The molecule has 1 heterocycles. The van der Waals surface area contributed by atoms with Gasteiger partial charge in [-0.3, -0.25) is 4.79 Å². The Hall–Kier alpha value is -2.06. The number of nitrogens with one attached hydrogen (secondary N) is 1. The first-order chi connectivity index (χ1) is 12.7. The lowest BCUT2D eigenvalue weighted by Gasteiger charge is -2.10. The molecule has 3 rings (SSSR count). The minimum Gasteiger partial charge on any atom is -0.487 e. The van der Waals surface area contributed by atoms with Gasteiger partial charge in [-0.05, 0) is 67.8 Å². The normalized spacial score (nSPS) is 14.9. The van der Waals surface area contributed by atoms with Crippen molar-refractivity contribution in [1.29, 1.82) is 0 Å². The van der Waals surface area contributed by atoms with E-state index in [1.54, 1.807) is 24.3 Å². The van der Waals surface area contributed by atoms with E-state index in [1.165, 1.54) is 6.07 Å². The molecule has 1 aliphatic rings. The lowest BCUT2D eigenvalue weighted by atomic mass is 10.0. The molecular weight excluding hydrogens is 491 g/mol. The lowest BCUT2D eigenvalue weighted by molar-refractivity contribution is -0.137. The van der Waals surface area contributed by atoms with Gasteiger partial charge in [0.2, 0.25) is 0 Å². The largest absolute Gasteiger partial charge is 0.487 e. The third-order valence-electron chi connectivity index (χ3n) is 3.81. The zero-order chi connectivity index (χ0) is 19.8. The second kappa shape index (κ2) is 7.52. The highest BCUT2D eigenvalue weighted by Gasteiger charge is 2.33. The molecule has 0 atom stereocenters. The number of ether oxygens (including phenoxy) is 1. The number of carbonyl (C=O) groups is 1. The third kappa shape index (κ3) is 4.11. The van der Waals surface area contributed by atoms with E-state index in [4.69, 9.17) is 4.74 Å². The van der Waals surface area contributed by atoms with Crippen LogP contribution in [0.3, 0.4) is 0 Å². The van der Waals surface area contributed by atoms with E-state index in [0.29, 0.717) is 32.4 Å². The number of anilines is 1. The number of carbonyl (C=O) groups excluding carboxylic acids is 1. The van der Waals surface area contributed by atoms with Crippen molar-refractivity contribution >= 4 is 55.1 Å². The molecule has 0 aromatic heterocycles. The average Bonchev–Trinajstić information content (AvgIpc) is 2.88. The van der Waals surface area contributed by atoms with Gasteiger partial charge in [-0.1, -0.05) is 18.7 Å². The first-order valence-corrected chi connectivity index (χ1v) is 9.26. The Kier molecular flexibility index (Phi) is 5.48. The van der Waals surface area contributed by atoms with Gasteiger partial charge in [-0.25, -0.2) is 0 Å². The van der Waals surface area contributed by atoms with Gasteiger partial charge in [0.15, 0.2) is 0 Å². The van der Waals surface area contributed by atoms with Crippen molar-refractivity contribution in [3.8, 4) is 5.75 Å². The van der Waals surface area contributed by atoms with Crippen molar-refractivity contribution in [3.63, 3.8) is 0 Å². The molecule has 1 amide bonds. The molecule has 0 radical (unpaired) electrons. The maximum Gasteiger partial charge on any atom is 0.416 e. The summed E-state index contributed by atoms with van der Waals surface area (Å²) >= 11 is 6.82. The Labute approximate surface area is 170 Å². The summed E-state index contributed by atoms with van der Waals surface area (Å²) in [6.07, 6.45) is -1.24. The first kappa shape index (κ1) is 19.7. The molecule has 0 bridgehead atoms. The Morgan fingerprint density at radius 3 is 2.41 bits per heavy atom. The summed E-state index contributed by atoms with van der Waals surface area (Å²) in [5.41, 5.74) is 0.726. The van der Waals surface area contributed by atoms with Crippen LogP contribution in [0.4, 0.5) is 18.9 Å². The first-order valence-electron chi connectivity index (χ1n) is 7.68. The fraction of sp³-hybridized carbons (Fsp3) is 0.105. The van der Waals surface area contributed by atoms with Gasteiger partial charge in [-0.2, -0.15) is 13.2 Å². The highest BCUT2D eigenvalue weighted by molar-refractivity contribution is 9.11. The maximum absolute atomic E-state index is 12.9. The van der Waals surface area contributed by atoms with E-state index in [2.05, 4.69) is 43.8 Å². The molecule has 2 aromatic carbocycles. The zero-order valence-corrected chi connectivity index (χ0v) is 16.8. The molecule has 140 valence electrons. The van der Waals surface area contributed by atoms with Crippen molar-refractivity contribution in [1.82, 2.24) is 0 Å². The van der Waals surface area contributed by atoms with E-state index in [9.17, 15) is 18.0 Å². The van der Waals surface area contributed by atoms with Crippen LogP contribution in [0.15, 0.2) is 51.9 Å². The molecule has 0 unspecified atom stereocenters. The molecule has 3 nitrogen and oxygen atoms in total. The number of benzene rings is 2. The minimum absolute atomic E-state index is 0.144. The Bertz CT molecular complexity index is 945. The monoisotopic (exact) mass is 501 g/mol. The number of rotatable bonds is 4. The molecule has 27 heavy (non-hydrogen) atoms. The fourth-order valence-electron chi connectivity index (χ4n) is 2.62. The van der Waals surface area contributed by atoms with Crippen molar-refractivity contribution < 1.29 is 22.7 Å². The van der Waals surface area contributed by atoms with E-state index >= 15 is 0 Å². The van der Waals surface area contributed by atoms with Gasteiger partial charge < -0.3 is 10.1 Å². The molecule has 1 N–H and O–H groups in total. The smallest absolute Gasteiger partial charge is 0.416 e. The number of amides is 1. The van der Waals surface area contributed by atoms with E-state index in [-0.39, 0.29) is 11.3 Å². The third-order valence-corrected chi connectivity index (χ3v) is 4.99. The number of halogens is 5. The number of hydrogen-bond donors (Lipinski definition) is 1. The summed E-state index contributed by atoms with van der Waals surface area (Å²) in [7, 11) is 0. The number of hydrogen-bond acceptors (Lipinski definition) is 2. The molecule has 0 spiro atoms. The Balaban J connectivity index is 2.00. The van der Waals surface area contributed by atoms with Crippen molar-refractivity contribution in [2.45, 2.75) is 6.18 Å². The Morgan fingerprint density at radius 1 is 1.15 bits per heavy atom. The van der Waals surface area contributed by atoms with Crippen LogP contribution in [-0.4, -0.2) is 12.5 Å². The summed E-state index contributed by atoms with van der Waals surface area (Å²) < 4.78 is 45.4. The summed E-state index contributed by atoms with van der Waals surface area (Å²) in [5.74, 6) is 0.131. The summed E-state index contributed by atoms with van der Waals surface area (Å²) in [4.78, 5) is 12.3. The van der Waals surface area contributed by atoms with Crippen LogP contribution in [0.5, 0.6) is 5.75 Å². The highest BCUT2D eigenvalue weighted by Crippen LogP contribution is 2.40. The molecule has 0 saturated carbocycles. The van der Waals surface area contributed by atoms with Crippen LogP contribution in [0.2, 0.25) is 0 Å². The number of fused-ring (bicyclic) bond motifs is 1. The van der Waals surface area contributed by atoms with Gasteiger partial charge >= 0.3 is 6.18 Å². The van der Waals surface area contributed by atoms with Crippen LogP contribution in [0, 0.1) is 0 Å². The van der Waals surface area contributed by atoms with Crippen LogP contribution in [0.25, 0.3) is 11.6 Å². The maximum atomic E-state index is 12.9. The molecule has 0 aliphatic carbocycles. The van der Waals surface area contributed by atoms with E-state index in [1.807, 2.05) is 0 Å². The molecular formula is C19H12Br2F3NO2. The van der Waals surface area contributed by atoms with Gasteiger partial charge in [0.05, 0.1) is 14.5 Å². The molecule has 1 aliphatic heterocycles. The van der Waals surface area contributed by atoms with Crippen LogP contribution >= 0.6 is 31.9 Å². The van der Waals surface area contributed by atoms with Crippen molar-refractivity contribution in [2.75, 3.05) is 11.9 Å². The van der Waals surface area contributed by atoms with E-state index < -0.39 is 17.6 Å². The summed E-state index contributed by atoms with van der Waals surface area (Å²) in [5, 5.41) is 2.48. The van der Waals surface area contributed by atoms with Crippen molar-refractivity contribution in [3.05, 3.63) is 68.6 Å². The average molecular weight is 503 g/mol. The van der Waals surface area contributed by atoms with Gasteiger partial charge in [0.25, 0.3) is 5.91 Å². The van der Waals surface area contributed by atoms with Crippen molar-refractivity contribution in [2.24, 2.45) is 0 Å². The van der Waals surface area contributed by atoms with Gasteiger partial charge in [-0.15, -0.1) is 0 Å². The molecule has 8 heteroatoms. The second-order valence-electron chi connectivity index (χ2n) is 5.68. The minimum atomic E-state index is -4.47. The van der Waals surface area contributed by atoms with E-state index in [0.717, 1.165) is 12.1 Å². The summed E-state index contributed by atoms with van der Waals surface area (Å²) in [6, 6.07) is 6.71. The van der Waals surface area contributed by atoms with Crippen LogP contribution < -0.4 is 10.1 Å². The molecule has 0 saturated heterocycles. The SMILES string of the molecule is C=CCOc1c(Br)cc(/C=C2\C(=O)Nc3cc(C(F)(F)F)ccc32)cc1Br. The predicted molar refractivity (Wildman–Crippen MR) is 105 cm³/mol. The summed E-state index contributed by atoms with van der Waals surface area (Å²) in [6.45, 7) is 3.92. The fourth-order valence-corrected chi connectivity index (χ4v) is 4.07. The predicted octanol–water partition coefficient (Wildman–Crippen LogP) is 6.29. The van der Waals surface area contributed by atoms with Crippen LogP contribution in [0.1, 0.15) is 16.7 Å². The zero-order valence-electron chi connectivity index (χ0n) is 13.7. The Morgan fingerprint density at radius 2 is 1.81 bits per heavy atom. The quantitative estimate of drug-likeness (QED) is 0.394. The van der Waals surface area contributed by atoms with Gasteiger partial charge in [0, 0.05) is 16.8 Å². The van der Waals surface area contributed by atoms with Gasteiger partial charge in [0.1, 0.15) is 12.4 Å². The number of alkyl halides is 3. The van der Waals surface area contributed by atoms with Crippen LogP contribution in [-0.2, 0) is 11.0 Å². The second-order valence-corrected chi connectivity index (χ2v) is 7.39. The lowest BCUT2D eigenvalue weighted by Crippen LogP contribution is -2.06. The molecule has 2 aromatic rings. The standard InChI is InChI=1S/C19H12Br2F3NO2/c1-2-5-27-17-14(20)7-10(8-15(17)21)6-13-12-4-3-11(19(22,23)24)9-16(12)25-18(13)26/h2-4,6-9H,1,5H2,(H,25,26)/b13-6-. The topological polar surface area (TPSA) is 38.3 Å².